The van der Waals surface area contributed by atoms with Gasteiger partial charge in [0.2, 0.25) is 0 Å². The van der Waals surface area contributed by atoms with Gasteiger partial charge in [0.15, 0.2) is 6.61 Å². The number of carbonyl (C=O) groups excluding carboxylic acids is 1. The van der Waals surface area contributed by atoms with Gasteiger partial charge in [0.05, 0.1) is 6.61 Å². The van der Waals surface area contributed by atoms with Crippen molar-refractivity contribution in [1.82, 2.24) is 4.90 Å². The molecular formula is C19H23ClN2O3. The van der Waals surface area contributed by atoms with Crippen LogP contribution in [0.2, 0.25) is 5.02 Å². The highest BCUT2D eigenvalue weighted by Gasteiger charge is 2.23. The molecule has 0 radical (unpaired) electrons. The molecule has 1 aliphatic heterocycles. The fourth-order valence-electron chi connectivity index (χ4n) is 2.36. The molecule has 1 aliphatic rings. The molecule has 1 unspecified atom stereocenters. The van der Waals surface area contributed by atoms with E-state index in [0.717, 1.165) is 17.0 Å². The fraction of sp³-hybridized carbons (Fsp3) is 0.316. The van der Waals surface area contributed by atoms with Crippen molar-refractivity contribution in [1.29, 1.82) is 0 Å². The number of aliphatic hydroxyl groups is 1. The minimum Gasteiger partial charge on any atom is -0.484 e. The summed E-state index contributed by atoms with van der Waals surface area (Å²) in [5.74, 6) is 0.596. The predicted molar refractivity (Wildman–Crippen MR) is 98.5 cm³/mol. The first-order valence-corrected chi connectivity index (χ1v) is 8.53. The lowest BCUT2D eigenvalue weighted by Crippen LogP contribution is -2.35. The van der Waals surface area contributed by atoms with Crippen LogP contribution < -0.4 is 10.5 Å². The van der Waals surface area contributed by atoms with E-state index in [1.807, 2.05) is 30.3 Å². The highest BCUT2D eigenvalue weighted by molar-refractivity contribution is 6.30. The van der Waals surface area contributed by atoms with Crippen molar-refractivity contribution < 1.29 is 14.6 Å². The molecule has 3 N–H and O–H groups in total. The van der Waals surface area contributed by atoms with Gasteiger partial charge in [0.25, 0.3) is 5.91 Å². The molecule has 0 spiro atoms. The molecule has 0 saturated carbocycles. The normalized spacial score (nSPS) is 16.1. The number of nitrogens with two attached hydrogens (primary N) is 1. The largest absolute Gasteiger partial charge is 0.484 e. The van der Waals surface area contributed by atoms with Gasteiger partial charge in [0.1, 0.15) is 5.75 Å². The Bertz CT molecular complexity index is 649. The van der Waals surface area contributed by atoms with Gasteiger partial charge in [-0.15, -0.1) is 0 Å². The third kappa shape index (κ3) is 6.74. The number of nitrogens with zero attached hydrogens (tertiary/aromatic N) is 1. The second-order valence-corrected chi connectivity index (χ2v) is 6.21. The number of ether oxygens (including phenoxy) is 1. The van der Waals surface area contributed by atoms with Crippen molar-refractivity contribution in [3.8, 4) is 5.75 Å². The van der Waals surface area contributed by atoms with Crippen molar-refractivity contribution in [3.63, 3.8) is 0 Å². The van der Waals surface area contributed by atoms with Gasteiger partial charge < -0.3 is 20.5 Å². The predicted octanol–water partition coefficient (Wildman–Crippen LogP) is 2.46. The number of amides is 1. The lowest BCUT2D eigenvalue weighted by atomic mass is 10.2. The lowest BCUT2D eigenvalue weighted by Gasteiger charge is -2.16. The first-order valence-electron chi connectivity index (χ1n) is 8.15. The molecule has 25 heavy (non-hydrogen) atoms. The summed E-state index contributed by atoms with van der Waals surface area (Å²) in [6, 6.07) is 16.6. The van der Waals surface area contributed by atoms with Crippen LogP contribution >= 0.6 is 11.6 Å². The van der Waals surface area contributed by atoms with Crippen LogP contribution in [0.25, 0.3) is 0 Å². The molecule has 2 aromatic rings. The lowest BCUT2D eigenvalue weighted by molar-refractivity contribution is -0.132. The van der Waals surface area contributed by atoms with Crippen molar-refractivity contribution in [3.05, 3.63) is 65.2 Å². The number of rotatable bonds is 4. The van der Waals surface area contributed by atoms with Crippen molar-refractivity contribution in [2.24, 2.45) is 5.73 Å². The molecule has 1 heterocycles. The minimum absolute atomic E-state index is 0.00484. The molecule has 0 aliphatic carbocycles. The number of hydrogen-bond donors (Lipinski definition) is 2. The molecule has 0 aromatic heterocycles. The SMILES string of the molecule is Clc1ccccc1.NC1CCN(C(=O)COc2ccc(CO)cc2)C1. The van der Waals surface area contributed by atoms with Gasteiger partial charge in [-0.05, 0) is 36.2 Å². The summed E-state index contributed by atoms with van der Waals surface area (Å²) in [5.41, 5.74) is 6.56. The molecule has 1 atom stereocenters. The van der Waals surface area contributed by atoms with Gasteiger partial charge in [-0.25, -0.2) is 0 Å². The number of carbonyl (C=O) groups is 1. The number of likely N-dealkylation sites (tertiary alicyclic amines) is 1. The Labute approximate surface area is 153 Å². The number of aliphatic hydroxyl groups excluding tert-OH is 1. The van der Waals surface area contributed by atoms with Gasteiger partial charge in [-0.1, -0.05) is 41.9 Å². The maximum absolute atomic E-state index is 11.8. The van der Waals surface area contributed by atoms with Crippen molar-refractivity contribution >= 4 is 17.5 Å². The van der Waals surface area contributed by atoms with E-state index < -0.39 is 0 Å². The van der Waals surface area contributed by atoms with Crippen LogP contribution in [0.3, 0.4) is 0 Å². The highest BCUT2D eigenvalue weighted by Crippen LogP contribution is 2.13. The molecule has 6 heteroatoms. The zero-order valence-corrected chi connectivity index (χ0v) is 14.7. The summed E-state index contributed by atoms with van der Waals surface area (Å²) in [6.45, 7) is 1.37. The summed E-state index contributed by atoms with van der Waals surface area (Å²) in [6.07, 6.45) is 0.858. The van der Waals surface area contributed by atoms with Crippen LogP contribution in [0, 0.1) is 0 Å². The van der Waals surface area contributed by atoms with Crippen LogP contribution in [0.4, 0.5) is 0 Å². The Morgan fingerprint density at radius 3 is 2.36 bits per heavy atom. The quantitative estimate of drug-likeness (QED) is 0.876. The second-order valence-electron chi connectivity index (χ2n) is 5.77. The molecule has 1 saturated heterocycles. The summed E-state index contributed by atoms with van der Waals surface area (Å²) < 4.78 is 5.40. The highest BCUT2D eigenvalue weighted by atomic mass is 35.5. The Morgan fingerprint density at radius 2 is 1.88 bits per heavy atom. The van der Waals surface area contributed by atoms with E-state index in [0.29, 0.717) is 18.8 Å². The van der Waals surface area contributed by atoms with Crippen LogP contribution in [-0.2, 0) is 11.4 Å². The van der Waals surface area contributed by atoms with Gasteiger partial charge in [-0.3, -0.25) is 4.79 Å². The molecule has 134 valence electrons. The third-order valence-electron chi connectivity index (χ3n) is 3.78. The number of halogens is 1. The maximum Gasteiger partial charge on any atom is 0.260 e. The van der Waals surface area contributed by atoms with Crippen LogP contribution in [0.1, 0.15) is 12.0 Å². The van der Waals surface area contributed by atoms with Gasteiger partial charge in [0, 0.05) is 24.2 Å². The van der Waals surface area contributed by atoms with E-state index in [9.17, 15) is 4.79 Å². The average Bonchev–Trinajstić information content (AvgIpc) is 3.08. The number of benzene rings is 2. The molecule has 1 fully saturated rings. The fourth-order valence-corrected chi connectivity index (χ4v) is 2.50. The van der Waals surface area contributed by atoms with E-state index in [2.05, 4.69) is 0 Å². The Hall–Kier alpha value is -2.08. The zero-order valence-electron chi connectivity index (χ0n) is 14.0. The molecule has 5 nitrogen and oxygen atoms in total. The van der Waals surface area contributed by atoms with Crippen LogP contribution in [0.5, 0.6) is 5.75 Å². The summed E-state index contributed by atoms with van der Waals surface area (Å²) in [7, 11) is 0. The maximum atomic E-state index is 11.8. The Morgan fingerprint density at radius 1 is 1.20 bits per heavy atom. The van der Waals surface area contributed by atoms with E-state index in [4.69, 9.17) is 27.2 Å². The molecule has 3 rings (SSSR count). The molecule has 1 amide bonds. The third-order valence-corrected chi connectivity index (χ3v) is 4.03. The number of hydrogen-bond acceptors (Lipinski definition) is 4. The standard InChI is InChI=1S/C13H18N2O3.C6H5Cl/c14-11-5-6-15(7-11)13(17)9-18-12-3-1-10(8-16)2-4-12;7-6-4-2-1-3-5-6/h1-4,11,16H,5-9,14H2;1-5H. The first kappa shape index (κ1) is 19.2. The second kappa shape index (κ2) is 10.0. The van der Waals surface area contributed by atoms with Crippen molar-refractivity contribution in [2.45, 2.75) is 19.1 Å². The molecular weight excluding hydrogens is 340 g/mol. The van der Waals surface area contributed by atoms with E-state index in [1.165, 1.54) is 0 Å². The van der Waals surface area contributed by atoms with E-state index in [-0.39, 0.29) is 25.2 Å². The van der Waals surface area contributed by atoms with E-state index >= 15 is 0 Å². The van der Waals surface area contributed by atoms with Crippen LogP contribution in [-0.4, -0.2) is 41.7 Å². The summed E-state index contributed by atoms with van der Waals surface area (Å²) >= 11 is 5.54. The topological polar surface area (TPSA) is 75.8 Å². The Balaban J connectivity index is 0.000000269. The molecule has 0 bridgehead atoms. The zero-order chi connectivity index (χ0) is 18.1. The smallest absolute Gasteiger partial charge is 0.260 e. The van der Waals surface area contributed by atoms with E-state index in [1.54, 1.807) is 29.2 Å². The van der Waals surface area contributed by atoms with Crippen LogP contribution in [0.15, 0.2) is 54.6 Å². The molecule has 2 aromatic carbocycles. The minimum atomic E-state index is -0.0332. The Kier molecular flexibility index (Phi) is 7.73. The van der Waals surface area contributed by atoms with Gasteiger partial charge in [-0.2, -0.15) is 0 Å². The van der Waals surface area contributed by atoms with Gasteiger partial charge >= 0.3 is 0 Å². The average molecular weight is 363 g/mol. The summed E-state index contributed by atoms with van der Waals surface area (Å²) in [4.78, 5) is 13.5. The summed E-state index contributed by atoms with van der Waals surface area (Å²) in [5, 5.41) is 9.70. The van der Waals surface area contributed by atoms with Crippen molar-refractivity contribution in [2.75, 3.05) is 19.7 Å². The first-order chi connectivity index (χ1) is 12.1. The monoisotopic (exact) mass is 362 g/mol.